The minimum atomic E-state index is -0.871. The summed E-state index contributed by atoms with van der Waals surface area (Å²) in [4.78, 5) is 22.0. The van der Waals surface area contributed by atoms with Crippen molar-refractivity contribution in [3.63, 3.8) is 0 Å². The molecule has 0 saturated heterocycles. The molecule has 2 rings (SSSR count). The third-order valence-corrected chi connectivity index (χ3v) is 3.08. The van der Waals surface area contributed by atoms with Gasteiger partial charge in [-0.05, 0) is 17.7 Å². The highest BCUT2D eigenvalue weighted by Crippen LogP contribution is 2.23. The third kappa shape index (κ3) is 5.70. The summed E-state index contributed by atoms with van der Waals surface area (Å²) in [6.45, 7) is 0.457. The zero-order chi connectivity index (χ0) is 16.5. The summed E-state index contributed by atoms with van der Waals surface area (Å²) >= 11 is 0. The van der Waals surface area contributed by atoms with Crippen LogP contribution in [-0.2, 0) is 11.2 Å². The summed E-state index contributed by atoms with van der Waals surface area (Å²) in [5, 5.41) is 4.92. The summed E-state index contributed by atoms with van der Waals surface area (Å²) in [6.07, 6.45) is 0.789. The highest BCUT2D eigenvalue weighted by atomic mass is 16.5. The number of hydrogen-bond acceptors (Lipinski definition) is 4. The molecule has 4 N–H and O–H groups in total. The Labute approximate surface area is 134 Å². The molecule has 3 amide bonds. The van der Waals surface area contributed by atoms with Crippen LogP contribution < -0.4 is 21.1 Å². The molecular formula is C17H19N3O3. The number of nitrogens with two attached hydrogens (primary N) is 1. The van der Waals surface area contributed by atoms with Crippen molar-refractivity contribution in [2.24, 2.45) is 5.73 Å². The van der Waals surface area contributed by atoms with E-state index >= 15 is 0 Å². The number of anilines is 1. The first-order valence-corrected chi connectivity index (χ1v) is 7.24. The van der Waals surface area contributed by atoms with Crippen LogP contribution in [0.15, 0.2) is 54.6 Å². The molecule has 0 aliphatic rings. The number of nitrogens with one attached hydrogen (secondary N) is 2. The van der Waals surface area contributed by atoms with Gasteiger partial charge in [0.2, 0.25) is 5.91 Å². The van der Waals surface area contributed by atoms with Crippen LogP contribution in [-0.4, -0.2) is 25.1 Å². The summed E-state index contributed by atoms with van der Waals surface area (Å²) < 4.78 is 5.77. The van der Waals surface area contributed by atoms with E-state index in [0.29, 0.717) is 18.0 Å². The standard InChI is InChI=1S/C17H19N3O3/c18-17(22)20-16(21)12-19-14-8-4-5-9-15(14)23-11-10-13-6-2-1-3-7-13/h1-9,19H,10-12H2,(H3,18,20,21,22). The zero-order valence-corrected chi connectivity index (χ0v) is 12.6. The number of imide groups is 1. The predicted molar refractivity (Wildman–Crippen MR) is 88.3 cm³/mol. The molecule has 0 fully saturated rings. The highest BCUT2D eigenvalue weighted by molar-refractivity contribution is 5.95. The van der Waals surface area contributed by atoms with Crippen LogP contribution in [0.5, 0.6) is 5.75 Å². The van der Waals surface area contributed by atoms with Gasteiger partial charge in [-0.2, -0.15) is 0 Å². The second-order valence-electron chi connectivity index (χ2n) is 4.85. The van der Waals surface area contributed by atoms with Gasteiger partial charge in [-0.1, -0.05) is 42.5 Å². The number of ether oxygens (including phenoxy) is 1. The fraction of sp³-hybridized carbons (Fsp3) is 0.176. The molecule has 0 radical (unpaired) electrons. The maximum atomic E-state index is 11.4. The van der Waals surface area contributed by atoms with Crippen LogP contribution in [0.3, 0.4) is 0 Å². The van der Waals surface area contributed by atoms with Crippen molar-refractivity contribution in [2.75, 3.05) is 18.5 Å². The number of urea groups is 1. The van der Waals surface area contributed by atoms with Gasteiger partial charge in [0.15, 0.2) is 0 Å². The largest absolute Gasteiger partial charge is 0.491 e. The monoisotopic (exact) mass is 313 g/mol. The van der Waals surface area contributed by atoms with E-state index in [2.05, 4.69) is 5.32 Å². The second-order valence-corrected chi connectivity index (χ2v) is 4.85. The molecule has 23 heavy (non-hydrogen) atoms. The molecule has 0 aliphatic carbocycles. The van der Waals surface area contributed by atoms with Crippen LogP contribution in [0.25, 0.3) is 0 Å². The second kappa shape index (κ2) is 8.43. The lowest BCUT2D eigenvalue weighted by molar-refractivity contribution is -0.118. The van der Waals surface area contributed by atoms with Gasteiger partial charge in [0.1, 0.15) is 5.75 Å². The number of carbonyl (C=O) groups excluding carboxylic acids is 2. The highest BCUT2D eigenvalue weighted by Gasteiger charge is 2.07. The fourth-order valence-electron chi connectivity index (χ4n) is 2.02. The van der Waals surface area contributed by atoms with Crippen LogP contribution >= 0.6 is 0 Å². The molecule has 0 aromatic heterocycles. The number of carbonyl (C=O) groups is 2. The Balaban J connectivity index is 1.87. The zero-order valence-electron chi connectivity index (χ0n) is 12.6. The Morgan fingerprint density at radius 3 is 2.43 bits per heavy atom. The molecule has 0 saturated carbocycles. The normalized spacial score (nSPS) is 9.91. The van der Waals surface area contributed by atoms with Gasteiger partial charge in [0.25, 0.3) is 0 Å². The first-order chi connectivity index (χ1) is 11.1. The molecule has 6 heteroatoms. The minimum Gasteiger partial charge on any atom is -0.491 e. The maximum Gasteiger partial charge on any atom is 0.318 e. The van der Waals surface area contributed by atoms with E-state index in [4.69, 9.17) is 10.5 Å². The molecule has 0 bridgehead atoms. The van der Waals surface area contributed by atoms with Crippen LogP contribution in [0.4, 0.5) is 10.5 Å². The number of hydrogen-bond donors (Lipinski definition) is 3. The third-order valence-electron chi connectivity index (χ3n) is 3.08. The van der Waals surface area contributed by atoms with Crippen molar-refractivity contribution >= 4 is 17.6 Å². The number of para-hydroxylation sites is 2. The van der Waals surface area contributed by atoms with E-state index in [0.717, 1.165) is 6.42 Å². The Hall–Kier alpha value is -3.02. The predicted octanol–water partition coefficient (Wildman–Crippen LogP) is 1.91. The van der Waals surface area contributed by atoms with E-state index in [1.54, 1.807) is 6.07 Å². The Morgan fingerprint density at radius 1 is 1.00 bits per heavy atom. The molecule has 2 aromatic rings. The Kier molecular flexibility index (Phi) is 5.99. The Morgan fingerprint density at radius 2 is 1.70 bits per heavy atom. The number of benzene rings is 2. The maximum absolute atomic E-state index is 11.4. The molecule has 6 nitrogen and oxygen atoms in total. The van der Waals surface area contributed by atoms with Crippen molar-refractivity contribution in [1.82, 2.24) is 5.32 Å². The van der Waals surface area contributed by atoms with Crippen molar-refractivity contribution in [3.05, 3.63) is 60.2 Å². The molecular weight excluding hydrogens is 294 g/mol. The average molecular weight is 313 g/mol. The van der Waals surface area contributed by atoms with E-state index in [9.17, 15) is 9.59 Å². The number of amides is 3. The lowest BCUT2D eigenvalue weighted by Crippen LogP contribution is -2.38. The average Bonchev–Trinajstić information content (AvgIpc) is 2.54. The van der Waals surface area contributed by atoms with E-state index < -0.39 is 11.9 Å². The molecule has 0 aliphatic heterocycles. The minimum absolute atomic E-state index is 0.0675. The summed E-state index contributed by atoms with van der Waals surface area (Å²) in [6, 6.07) is 16.5. The van der Waals surface area contributed by atoms with Gasteiger partial charge in [-0.15, -0.1) is 0 Å². The molecule has 0 atom stereocenters. The first-order valence-electron chi connectivity index (χ1n) is 7.24. The van der Waals surface area contributed by atoms with Crippen molar-refractivity contribution in [2.45, 2.75) is 6.42 Å². The topological polar surface area (TPSA) is 93.5 Å². The molecule has 0 unspecified atom stereocenters. The van der Waals surface area contributed by atoms with Gasteiger partial charge >= 0.3 is 6.03 Å². The van der Waals surface area contributed by atoms with Gasteiger partial charge in [-0.3, -0.25) is 10.1 Å². The van der Waals surface area contributed by atoms with E-state index in [1.807, 2.05) is 53.8 Å². The summed E-state index contributed by atoms with van der Waals surface area (Å²) in [5.41, 5.74) is 6.76. The SMILES string of the molecule is NC(=O)NC(=O)CNc1ccccc1OCCc1ccccc1. The van der Waals surface area contributed by atoms with Crippen LogP contribution in [0.2, 0.25) is 0 Å². The molecule has 2 aromatic carbocycles. The lowest BCUT2D eigenvalue weighted by atomic mass is 10.2. The molecule has 120 valence electrons. The van der Waals surface area contributed by atoms with Gasteiger partial charge in [-0.25, -0.2) is 4.79 Å². The lowest BCUT2D eigenvalue weighted by Gasteiger charge is -2.13. The van der Waals surface area contributed by atoms with Gasteiger partial charge in [0.05, 0.1) is 18.8 Å². The van der Waals surface area contributed by atoms with Crippen molar-refractivity contribution in [1.29, 1.82) is 0 Å². The fourth-order valence-corrected chi connectivity index (χ4v) is 2.02. The van der Waals surface area contributed by atoms with Crippen LogP contribution in [0, 0.1) is 0 Å². The first kappa shape index (κ1) is 16.4. The van der Waals surface area contributed by atoms with Crippen LogP contribution in [0.1, 0.15) is 5.56 Å². The van der Waals surface area contributed by atoms with Crippen molar-refractivity contribution in [3.8, 4) is 5.75 Å². The van der Waals surface area contributed by atoms with Crippen molar-refractivity contribution < 1.29 is 14.3 Å². The summed E-state index contributed by atoms with van der Waals surface area (Å²) in [5.74, 6) is 0.145. The van der Waals surface area contributed by atoms with E-state index in [-0.39, 0.29) is 6.54 Å². The van der Waals surface area contributed by atoms with Gasteiger partial charge in [0, 0.05) is 6.42 Å². The Bertz CT molecular complexity index is 659. The quantitative estimate of drug-likeness (QED) is 0.728. The number of rotatable bonds is 7. The molecule has 0 spiro atoms. The smallest absolute Gasteiger partial charge is 0.318 e. The van der Waals surface area contributed by atoms with E-state index in [1.165, 1.54) is 5.56 Å². The summed E-state index contributed by atoms with van der Waals surface area (Å²) in [7, 11) is 0. The number of primary amides is 1. The molecule has 0 heterocycles. The van der Waals surface area contributed by atoms with Gasteiger partial charge < -0.3 is 15.8 Å².